The molecule has 16 heavy (non-hydrogen) atoms. The van der Waals surface area contributed by atoms with Gasteiger partial charge < -0.3 is 10.2 Å². The number of rotatable bonds is 2. The van der Waals surface area contributed by atoms with Gasteiger partial charge >= 0.3 is 0 Å². The Labute approximate surface area is 99.1 Å². The van der Waals surface area contributed by atoms with Crippen molar-refractivity contribution < 1.29 is 10.2 Å². The Morgan fingerprint density at radius 1 is 1.25 bits per heavy atom. The molecule has 0 heterocycles. The highest BCUT2D eigenvalue weighted by Crippen LogP contribution is 2.62. The summed E-state index contributed by atoms with van der Waals surface area (Å²) >= 11 is 0. The quantitative estimate of drug-likeness (QED) is 0.760. The first-order valence-corrected chi connectivity index (χ1v) is 6.66. The smallest absolute Gasteiger partial charge is 0.0728 e. The maximum atomic E-state index is 10.9. The molecule has 2 heteroatoms. The average molecular weight is 226 g/mol. The molecular weight excluding hydrogens is 200 g/mol. The van der Waals surface area contributed by atoms with Crippen molar-refractivity contribution in [2.24, 2.45) is 16.7 Å². The van der Waals surface area contributed by atoms with E-state index in [0.717, 1.165) is 32.1 Å². The van der Waals surface area contributed by atoms with Gasteiger partial charge in [-0.1, -0.05) is 33.6 Å². The van der Waals surface area contributed by atoms with Crippen LogP contribution in [0.15, 0.2) is 0 Å². The van der Waals surface area contributed by atoms with Crippen molar-refractivity contribution in [3.8, 4) is 0 Å². The average Bonchev–Trinajstić information content (AvgIpc) is 2.12. The molecule has 2 fully saturated rings. The van der Waals surface area contributed by atoms with E-state index in [-0.39, 0.29) is 12.0 Å². The molecule has 2 atom stereocenters. The minimum absolute atomic E-state index is 0.152. The third kappa shape index (κ3) is 1.80. The molecule has 0 spiro atoms. The second-order valence-corrected chi connectivity index (χ2v) is 7.19. The van der Waals surface area contributed by atoms with Crippen molar-refractivity contribution in [1.82, 2.24) is 0 Å². The molecule has 0 amide bonds. The molecule has 0 aromatic rings. The first-order valence-electron chi connectivity index (χ1n) is 6.66. The Morgan fingerprint density at radius 3 is 2.31 bits per heavy atom. The molecular formula is C14H26O2. The largest absolute Gasteiger partial charge is 0.396 e. The monoisotopic (exact) mass is 226 g/mol. The summed E-state index contributed by atoms with van der Waals surface area (Å²) in [7, 11) is 0. The zero-order valence-electron chi connectivity index (χ0n) is 10.9. The summed E-state index contributed by atoms with van der Waals surface area (Å²) in [6, 6.07) is 0. The fourth-order valence-electron chi connectivity index (χ4n) is 4.37. The topological polar surface area (TPSA) is 40.5 Å². The van der Waals surface area contributed by atoms with Crippen LogP contribution in [0.1, 0.15) is 59.3 Å². The van der Waals surface area contributed by atoms with E-state index in [1.54, 1.807) is 0 Å². The summed E-state index contributed by atoms with van der Waals surface area (Å²) < 4.78 is 0. The summed E-state index contributed by atoms with van der Waals surface area (Å²) in [4.78, 5) is 0. The van der Waals surface area contributed by atoms with Crippen molar-refractivity contribution in [1.29, 1.82) is 0 Å². The first kappa shape index (κ1) is 12.4. The summed E-state index contributed by atoms with van der Waals surface area (Å²) in [5.74, 6) is 0.603. The third-order valence-corrected chi connectivity index (χ3v) is 4.90. The fraction of sp³-hybridized carbons (Fsp3) is 1.00. The molecule has 0 saturated heterocycles. The Hall–Kier alpha value is -0.0800. The van der Waals surface area contributed by atoms with E-state index in [0.29, 0.717) is 11.3 Å². The lowest BCUT2D eigenvalue weighted by atomic mass is 9.46. The predicted octanol–water partition coefficient (Wildman–Crippen LogP) is 2.73. The van der Waals surface area contributed by atoms with Gasteiger partial charge in [-0.15, -0.1) is 0 Å². The van der Waals surface area contributed by atoms with Gasteiger partial charge in [0.05, 0.1) is 12.2 Å². The molecule has 2 N–H and O–H groups in total. The highest BCUT2D eigenvalue weighted by atomic mass is 16.3. The van der Waals surface area contributed by atoms with Crippen LogP contribution in [0.2, 0.25) is 0 Å². The van der Waals surface area contributed by atoms with Crippen LogP contribution in [0.3, 0.4) is 0 Å². The van der Waals surface area contributed by atoms with Crippen LogP contribution in [-0.2, 0) is 0 Å². The highest BCUT2D eigenvalue weighted by Gasteiger charge is 2.60. The minimum Gasteiger partial charge on any atom is -0.396 e. The highest BCUT2D eigenvalue weighted by molar-refractivity contribution is 5.10. The maximum absolute atomic E-state index is 10.9. The molecule has 2 aliphatic rings. The molecule has 0 radical (unpaired) electrons. The Balaban J connectivity index is 2.15. The van der Waals surface area contributed by atoms with Crippen LogP contribution < -0.4 is 0 Å². The van der Waals surface area contributed by atoms with E-state index in [9.17, 15) is 10.2 Å². The molecule has 94 valence electrons. The lowest BCUT2D eigenvalue weighted by Crippen LogP contribution is -2.61. The molecule has 0 bridgehead atoms. The molecule has 2 nitrogen and oxygen atoms in total. The second kappa shape index (κ2) is 3.71. The van der Waals surface area contributed by atoms with E-state index in [1.165, 1.54) is 6.42 Å². The van der Waals surface area contributed by atoms with Crippen LogP contribution in [0.25, 0.3) is 0 Å². The zero-order chi connectivity index (χ0) is 12.0. The van der Waals surface area contributed by atoms with Gasteiger partial charge in [0, 0.05) is 5.41 Å². The SMILES string of the molecule is CC1CCCC(O)(C2(CO)CC(C)(C)C2)C1. The van der Waals surface area contributed by atoms with Crippen molar-refractivity contribution in [2.75, 3.05) is 6.61 Å². The molecule has 0 aromatic carbocycles. The van der Waals surface area contributed by atoms with Gasteiger partial charge in [0.15, 0.2) is 0 Å². The van der Waals surface area contributed by atoms with Gasteiger partial charge in [0.25, 0.3) is 0 Å². The van der Waals surface area contributed by atoms with Gasteiger partial charge in [-0.25, -0.2) is 0 Å². The van der Waals surface area contributed by atoms with E-state index in [1.807, 2.05) is 0 Å². The fourth-order valence-corrected chi connectivity index (χ4v) is 4.37. The van der Waals surface area contributed by atoms with Crippen LogP contribution >= 0.6 is 0 Å². The molecule has 2 rings (SSSR count). The summed E-state index contributed by atoms with van der Waals surface area (Å²) in [6.45, 7) is 6.84. The van der Waals surface area contributed by atoms with Gasteiger partial charge in [-0.05, 0) is 37.0 Å². The van der Waals surface area contributed by atoms with E-state index in [2.05, 4.69) is 20.8 Å². The summed E-state index contributed by atoms with van der Waals surface area (Å²) in [5, 5.41) is 20.6. The van der Waals surface area contributed by atoms with Crippen molar-refractivity contribution in [3.63, 3.8) is 0 Å². The summed E-state index contributed by atoms with van der Waals surface area (Å²) in [6.07, 6.45) is 6.05. The Morgan fingerprint density at radius 2 is 1.88 bits per heavy atom. The van der Waals surface area contributed by atoms with E-state index in [4.69, 9.17) is 0 Å². The maximum Gasteiger partial charge on any atom is 0.0728 e. The van der Waals surface area contributed by atoms with E-state index < -0.39 is 5.60 Å². The third-order valence-electron chi connectivity index (χ3n) is 4.90. The summed E-state index contributed by atoms with van der Waals surface area (Å²) in [5.41, 5.74) is -0.501. The number of hydrogen-bond donors (Lipinski definition) is 2. The second-order valence-electron chi connectivity index (χ2n) is 7.19. The standard InChI is InChI=1S/C14H26O2/c1-11-5-4-6-14(16,7-11)13(10-15)8-12(2,3)9-13/h11,15-16H,4-10H2,1-3H3. The van der Waals surface area contributed by atoms with E-state index >= 15 is 0 Å². The molecule has 0 aromatic heterocycles. The Bertz CT molecular complexity index is 261. The van der Waals surface area contributed by atoms with Crippen molar-refractivity contribution >= 4 is 0 Å². The van der Waals surface area contributed by atoms with Crippen LogP contribution in [0.4, 0.5) is 0 Å². The molecule has 2 saturated carbocycles. The zero-order valence-corrected chi connectivity index (χ0v) is 10.9. The lowest BCUT2D eigenvalue weighted by Gasteiger charge is -2.61. The van der Waals surface area contributed by atoms with Crippen LogP contribution in [0.5, 0.6) is 0 Å². The van der Waals surface area contributed by atoms with Crippen LogP contribution in [-0.4, -0.2) is 22.4 Å². The first-order chi connectivity index (χ1) is 7.33. The van der Waals surface area contributed by atoms with Crippen molar-refractivity contribution in [2.45, 2.75) is 64.9 Å². The minimum atomic E-state index is -0.602. The van der Waals surface area contributed by atoms with Gasteiger partial charge in [-0.3, -0.25) is 0 Å². The molecule has 0 aliphatic heterocycles. The van der Waals surface area contributed by atoms with Gasteiger partial charge in [-0.2, -0.15) is 0 Å². The number of aliphatic hydroxyl groups is 2. The number of aliphatic hydroxyl groups excluding tert-OH is 1. The normalized spacial score (nSPS) is 41.4. The predicted molar refractivity (Wildman–Crippen MR) is 65.1 cm³/mol. The van der Waals surface area contributed by atoms with Crippen molar-refractivity contribution in [3.05, 3.63) is 0 Å². The van der Waals surface area contributed by atoms with Gasteiger partial charge in [0.1, 0.15) is 0 Å². The van der Waals surface area contributed by atoms with Gasteiger partial charge in [0.2, 0.25) is 0 Å². The molecule has 2 aliphatic carbocycles. The van der Waals surface area contributed by atoms with Crippen LogP contribution in [0, 0.1) is 16.7 Å². The molecule has 2 unspecified atom stereocenters. The number of hydrogen-bond acceptors (Lipinski definition) is 2. The Kier molecular flexibility index (Phi) is 2.87. The lowest BCUT2D eigenvalue weighted by molar-refractivity contribution is -0.213.